The first kappa shape index (κ1) is 20.4. The fourth-order valence-electron chi connectivity index (χ4n) is 2.32. The number of ether oxygens (including phenoxy) is 1. The molecule has 0 heterocycles. The van der Waals surface area contributed by atoms with Crippen LogP contribution in [0.4, 0.5) is 0 Å². The average molecular weight is 394 g/mol. The van der Waals surface area contributed by atoms with Crippen molar-refractivity contribution in [3.05, 3.63) is 59.7 Å². The van der Waals surface area contributed by atoms with E-state index in [4.69, 9.17) is 15.1 Å². The predicted octanol–water partition coefficient (Wildman–Crippen LogP) is 1.09. The maximum atomic E-state index is 12.9. The van der Waals surface area contributed by atoms with Crippen molar-refractivity contribution in [3.63, 3.8) is 0 Å². The first-order chi connectivity index (χ1) is 12.8. The number of benzene rings is 2. The number of aromatic carboxylic acids is 1. The number of hydrogen-bond donors (Lipinski definition) is 3. The first-order valence-electron chi connectivity index (χ1n) is 7.67. The minimum absolute atomic E-state index is 0.0131. The molecule has 0 radical (unpaired) electrons. The van der Waals surface area contributed by atoms with Crippen LogP contribution in [0.15, 0.2) is 53.4 Å². The number of carbonyl (C=O) groups is 2. The molecule has 144 valence electrons. The van der Waals surface area contributed by atoms with Gasteiger partial charge in [-0.2, -0.15) is 4.31 Å². The summed E-state index contributed by atoms with van der Waals surface area (Å²) in [4.78, 5) is 22.6. The van der Waals surface area contributed by atoms with E-state index >= 15 is 0 Å². The molecule has 3 N–H and O–H groups in total. The van der Waals surface area contributed by atoms with E-state index in [9.17, 15) is 18.0 Å². The van der Waals surface area contributed by atoms with Crippen molar-refractivity contribution >= 4 is 21.9 Å². The topological polar surface area (TPSA) is 133 Å². The summed E-state index contributed by atoms with van der Waals surface area (Å²) < 4.78 is 31.7. The summed E-state index contributed by atoms with van der Waals surface area (Å²) in [6.07, 6.45) is 0. The smallest absolute Gasteiger partial charge is 0.335 e. The highest BCUT2D eigenvalue weighted by Crippen LogP contribution is 2.21. The fourth-order valence-corrected chi connectivity index (χ4v) is 3.71. The fraction of sp³-hybridized carbons (Fsp3) is 0.176. The summed E-state index contributed by atoms with van der Waals surface area (Å²) in [6, 6.07) is 11.3. The minimum Gasteiger partial charge on any atom is -0.497 e. The second-order valence-electron chi connectivity index (χ2n) is 5.49. The van der Waals surface area contributed by atoms with Crippen LogP contribution in [0.5, 0.6) is 5.75 Å². The van der Waals surface area contributed by atoms with Gasteiger partial charge in [0.25, 0.3) is 5.91 Å². The maximum Gasteiger partial charge on any atom is 0.335 e. The molecule has 2 rings (SSSR count). The van der Waals surface area contributed by atoms with Gasteiger partial charge in [-0.05, 0) is 42.0 Å². The van der Waals surface area contributed by atoms with Gasteiger partial charge < -0.3 is 9.84 Å². The molecule has 9 nitrogen and oxygen atoms in total. The third kappa shape index (κ3) is 5.03. The van der Waals surface area contributed by atoms with Crippen LogP contribution in [0.25, 0.3) is 0 Å². The number of carboxylic acids is 1. The van der Waals surface area contributed by atoms with Gasteiger partial charge in [-0.3, -0.25) is 10.0 Å². The lowest BCUT2D eigenvalue weighted by atomic mass is 10.1. The van der Waals surface area contributed by atoms with Crippen molar-refractivity contribution < 1.29 is 33.1 Å². The quantitative estimate of drug-likeness (QED) is 0.451. The summed E-state index contributed by atoms with van der Waals surface area (Å²) in [5.74, 6) is -1.63. The second-order valence-corrected chi connectivity index (χ2v) is 7.43. The lowest BCUT2D eigenvalue weighted by Crippen LogP contribution is -2.39. The van der Waals surface area contributed by atoms with E-state index in [2.05, 4.69) is 0 Å². The normalized spacial score (nSPS) is 11.2. The number of hydroxylamine groups is 1. The van der Waals surface area contributed by atoms with Crippen LogP contribution in [-0.4, -0.2) is 48.6 Å². The van der Waals surface area contributed by atoms with Crippen LogP contribution in [0.1, 0.15) is 15.9 Å². The van der Waals surface area contributed by atoms with Crippen LogP contribution in [0.2, 0.25) is 0 Å². The average Bonchev–Trinajstić information content (AvgIpc) is 2.67. The zero-order valence-corrected chi connectivity index (χ0v) is 15.1. The SMILES string of the molecule is COc1ccc(S(=O)(=O)N(CC(=O)NO)Cc2cccc(C(=O)O)c2)cc1. The molecule has 0 aliphatic carbocycles. The molecule has 0 bridgehead atoms. The van der Waals surface area contributed by atoms with E-state index in [0.717, 1.165) is 4.31 Å². The molecule has 27 heavy (non-hydrogen) atoms. The van der Waals surface area contributed by atoms with Gasteiger partial charge in [0.1, 0.15) is 5.75 Å². The number of methoxy groups -OCH3 is 1. The Morgan fingerprint density at radius 1 is 1.15 bits per heavy atom. The molecule has 0 aliphatic rings. The van der Waals surface area contributed by atoms with Gasteiger partial charge >= 0.3 is 5.97 Å². The Labute approximate surface area is 155 Å². The van der Waals surface area contributed by atoms with Crippen molar-refractivity contribution in [2.75, 3.05) is 13.7 Å². The Balaban J connectivity index is 2.39. The van der Waals surface area contributed by atoms with Crippen molar-refractivity contribution in [1.29, 1.82) is 0 Å². The number of carboxylic acid groups (broad SMARTS) is 1. The van der Waals surface area contributed by atoms with Gasteiger partial charge in [0.2, 0.25) is 10.0 Å². The second kappa shape index (κ2) is 8.62. The zero-order valence-electron chi connectivity index (χ0n) is 14.3. The number of amides is 1. The van der Waals surface area contributed by atoms with Gasteiger partial charge in [0, 0.05) is 6.54 Å². The monoisotopic (exact) mass is 394 g/mol. The number of nitrogens with zero attached hydrogens (tertiary/aromatic N) is 1. The Kier molecular flexibility index (Phi) is 6.50. The molecule has 0 aromatic heterocycles. The highest BCUT2D eigenvalue weighted by molar-refractivity contribution is 7.89. The van der Waals surface area contributed by atoms with E-state index in [1.807, 2.05) is 0 Å². The number of carbonyl (C=O) groups excluding carboxylic acids is 1. The molecule has 0 saturated heterocycles. The highest BCUT2D eigenvalue weighted by atomic mass is 32.2. The van der Waals surface area contributed by atoms with Crippen molar-refractivity contribution in [1.82, 2.24) is 9.79 Å². The van der Waals surface area contributed by atoms with Crippen LogP contribution in [0.3, 0.4) is 0 Å². The molecule has 0 unspecified atom stereocenters. The summed E-state index contributed by atoms with van der Waals surface area (Å²) in [5.41, 5.74) is 1.75. The van der Waals surface area contributed by atoms with Gasteiger partial charge in [-0.15, -0.1) is 0 Å². The molecule has 0 saturated carbocycles. The maximum absolute atomic E-state index is 12.9. The summed E-state index contributed by atoms with van der Waals surface area (Å²) in [5, 5.41) is 17.8. The Morgan fingerprint density at radius 2 is 1.81 bits per heavy atom. The van der Waals surface area contributed by atoms with Gasteiger partial charge in [0.05, 0.1) is 24.1 Å². The summed E-state index contributed by atoms with van der Waals surface area (Å²) in [6.45, 7) is -0.912. The van der Waals surface area contributed by atoms with Crippen LogP contribution < -0.4 is 10.2 Å². The molecule has 0 fully saturated rings. The number of sulfonamides is 1. The molecule has 2 aromatic carbocycles. The number of rotatable bonds is 8. The van der Waals surface area contributed by atoms with Crippen molar-refractivity contribution in [2.24, 2.45) is 0 Å². The molecule has 1 amide bonds. The molecule has 2 aromatic rings. The Hall–Kier alpha value is -2.95. The van der Waals surface area contributed by atoms with Crippen LogP contribution in [-0.2, 0) is 21.4 Å². The predicted molar refractivity (Wildman–Crippen MR) is 93.9 cm³/mol. The Bertz CT molecular complexity index is 927. The molecule has 0 atom stereocenters. The van der Waals surface area contributed by atoms with E-state index in [1.54, 1.807) is 6.07 Å². The summed E-state index contributed by atoms with van der Waals surface area (Å²) in [7, 11) is -2.66. The Morgan fingerprint density at radius 3 is 2.37 bits per heavy atom. The molecule has 0 spiro atoms. The summed E-state index contributed by atoms with van der Waals surface area (Å²) >= 11 is 0. The van der Waals surface area contributed by atoms with Gasteiger partial charge in [-0.1, -0.05) is 12.1 Å². The van der Waals surface area contributed by atoms with Crippen LogP contribution >= 0.6 is 0 Å². The van der Waals surface area contributed by atoms with Crippen molar-refractivity contribution in [3.8, 4) is 5.75 Å². The number of hydrogen-bond acceptors (Lipinski definition) is 6. The highest BCUT2D eigenvalue weighted by Gasteiger charge is 2.27. The largest absolute Gasteiger partial charge is 0.497 e. The van der Waals surface area contributed by atoms with E-state index < -0.39 is 28.4 Å². The van der Waals surface area contributed by atoms with Crippen molar-refractivity contribution in [2.45, 2.75) is 11.4 Å². The number of nitrogens with one attached hydrogen (secondary N) is 1. The standard InChI is InChI=1S/C17H18N2O7S/c1-26-14-5-7-15(8-6-14)27(24,25)19(11-16(20)18-23)10-12-3-2-4-13(9-12)17(21)22/h2-9,23H,10-11H2,1H3,(H,18,20)(H,21,22). The van der Waals surface area contributed by atoms with E-state index in [1.165, 1.54) is 55.1 Å². The molecular formula is C17H18N2O7S. The van der Waals surface area contributed by atoms with Crippen LogP contribution in [0, 0.1) is 0 Å². The minimum atomic E-state index is -4.10. The molecular weight excluding hydrogens is 376 g/mol. The first-order valence-corrected chi connectivity index (χ1v) is 9.11. The molecule has 10 heteroatoms. The van der Waals surface area contributed by atoms with E-state index in [0.29, 0.717) is 11.3 Å². The third-order valence-corrected chi connectivity index (χ3v) is 5.48. The van der Waals surface area contributed by atoms with Gasteiger partial charge in [0.15, 0.2) is 0 Å². The molecule has 0 aliphatic heterocycles. The van der Waals surface area contributed by atoms with Gasteiger partial charge in [-0.25, -0.2) is 18.7 Å². The van der Waals surface area contributed by atoms with E-state index in [-0.39, 0.29) is 17.0 Å². The third-order valence-electron chi connectivity index (χ3n) is 3.67. The lowest BCUT2D eigenvalue weighted by Gasteiger charge is -2.21. The zero-order chi connectivity index (χ0) is 20.0. The lowest BCUT2D eigenvalue weighted by molar-refractivity contribution is -0.129.